The number of carbonyl (C=O) groups excluding carboxylic acids is 1. The van der Waals surface area contributed by atoms with E-state index < -0.39 is 5.91 Å². The van der Waals surface area contributed by atoms with Crippen molar-refractivity contribution in [2.24, 2.45) is 5.73 Å². The summed E-state index contributed by atoms with van der Waals surface area (Å²) >= 11 is 5.73. The largest absolute Gasteiger partial charge is 0.366 e. The normalized spacial score (nSPS) is 11.6. The first-order valence-electron chi connectivity index (χ1n) is 13.8. The number of hydrogen-bond acceptors (Lipinski definition) is 8. The molecule has 3 heterocycles. The van der Waals surface area contributed by atoms with E-state index in [0.717, 1.165) is 11.1 Å². The first-order valence-corrected chi connectivity index (χ1v) is 14.1. The summed E-state index contributed by atoms with van der Waals surface area (Å²) in [4.78, 5) is 32.6. The molecule has 6 aromatic rings. The zero-order chi connectivity index (χ0) is 31.9. The third kappa shape index (κ3) is 9.61. The molecule has 244 valence electrons. The van der Waals surface area contributed by atoms with Crippen LogP contribution in [0.3, 0.4) is 0 Å². The fourth-order valence-corrected chi connectivity index (χ4v) is 4.61. The first kappa shape index (κ1) is 36.7. The van der Waals surface area contributed by atoms with Crippen LogP contribution in [0.2, 0.25) is 5.15 Å². The van der Waals surface area contributed by atoms with Gasteiger partial charge in [-0.05, 0) is 67.4 Å². The maximum Gasteiger partial charge on any atom is 0.248 e. The lowest BCUT2D eigenvalue weighted by Crippen LogP contribution is -2.11. The standard InChI is InChI=1S/C20H17FN6O.C12H11ClFN3.2H2S/c1-12(13-3-2-4-15(21)7-13)25-18-9-23-10-19(26-18)27-11-24-16-6-5-14(20(22)28)8-17(16)27;1-8(9-3-2-4-10(14)5-9)16-12-7-15-6-11(13)17-12;;/h2-12H,1H3,(H2,22,28)(H,25,26);2-8H,1H3,(H,16,17);2*1H2/t12-;8-;;/m00../s1. The van der Waals surface area contributed by atoms with Crippen LogP contribution in [0.4, 0.5) is 20.4 Å². The summed E-state index contributed by atoms with van der Waals surface area (Å²) in [7, 11) is 0. The van der Waals surface area contributed by atoms with Gasteiger partial charge in [0.1, 0.15) is 34.8 Å². The summed E-state index contributed by atoms with van der Waals surface area (Å²) in [5.41, 5.74) is 8.80. The third-order valence-corrected chi connectivity index (χ3v) is 6.91. The van der Waals surface area contributed by atoms with Gasteiger partial charge in [-0.25, -0.2) is 23.7 Å². The monoisotopic (exact) mass is 695 g/mol. The molecule has 1 amide bonds. The molecule has 0 fully saturated rings. The van der Waals surface area contributed by atoms with Crippen LogP contribution in [0.15, 0.2) is 97.8 Å². The number of halogens is 3. The van der Waals surface area contributed by atoms with Gasteiger partial charge in [-0.3, -0.25) is 19.3 Å². The lowest BCUT2D eigenvalue weighted by molar-refractivity contribution is 0.100. The number of nitrogens with one attached hydrogen (secondary N) is 2. The number of amides is 1. The third-order valence-electron chi connectivity index (χ3n) is 6.73. The number of nitrogens with zero attached hydrogens (tertiary/aromatic N) is 6. The second-order valence-corrected chi connectivity index (χ2v) is 10.4. The van der Waals surface area contributed by atoms with Gasteiger partial charge < -0.3 is 16.4 Å². The molecule has 2 atom stereocenters. The van der Waals surface area contributed by atoms with Gasteiger partial charge in [0.05, 0.1) is 47.9 Å². The Kier molecular flexibility index (Phi) is 13.0. The molecular formula is C32H32ClF2N9OS2. The number of fused-ring (bicyclic) bond motifs is 1. The highest BCUT2D eigenvalue weighted by atomic mass is 35.5. The van der Waals surface area contributed by atoms with Gasteiger partial charge in [-0.2, -0.15) is 27.0 Å². The summed E-state index contributed by atoms with van der Waals surface area (Å²) < 4.78 is 28.2. The molecule has 3 aromatic heterocycles. The number of anilines is 2. The fourth-order valence-electron chi connectivity index (χ4n) is 4.46. The molecule has 0 spiro atoms. The Labute approximate surface area is 288 Å². The SMILES string of the molecule is C[C@H](Nc1cncc(-n2cnc3ccc(C(N)=O)cc32)n1)c1cccc(F)c1.C[C@H](Nc1cncc(Cl)n1)c1cccc(F)c1.S.S. The zero-order valence-corrected chi connectivity index (χ0v) is 28.0. The van der Waals surface area contributed by atoms with Gasteiger partial charge in [0.25, 0.3) is 0 Å². The lowest BCUT2D eigenvalue weighted by atomic mass is 10.1. The summed E-state index contributed by atoms with van der Waals surface area (Å²) in [6.07, 6.45) is 7.82. The van der Waals surface area contributed by atoms with Crippen LogP contribution in [0.25, 0.3) is 16.9 Å². The van der Waals surface area contributed by atoms with Crippen molar-refractivity contribution in [3.63, 3.8) is 0 Å². The summed E-state index contributed by atoms with van der Waals surface area (Å²) in [5, 5.41) is 6.64. The van der Waals surface area contributed by atoms with Crippen molar-refractivity contribution < 1.29 is 13.6 Å². The van der Waals surface area contributed by atoms with Crippen LogP contribution < -0.4 is 16.4 Å². The molecule has 6 rings (SSSR count). The van der Waals surface area contributed by atoms with E-state index in [2.05, 4.69) is 35.6 Å². The molecule has 0 aliphatic heterocycles. The number of aromatic nitrogens is 6. The minimum atomic E-state index is -0.514. The van der Waals surface area contributed by atoms with E-state index in [9.17, 15) is 13.6 Å². The predicted molar refractivity (Wildman–Crippen MR) is 190 cm³/mol. The van der Waals surface area contributed by atoms with Crippen molar-refractivity contribution in [3.05, 3.63) is 131 Å². The number of carbonyl (C=O) groups is 1. The smallest absolute Gasteiger partial charge is 0.248 e. The van der Waals surface area contributed by atoms with Crippen LogP contribution in [0.1, 0.15) is 47.4 Å². The average molecular weight is 696 g/mol. The number of imidazole rings is 1. The number of hydrogen-bond donors (Lipinski definition) is 3. The van der Waals surface area contributed by atoms with Crippen LogP contribution in [0, 0.1) is 11.6 Å². The van der Waals surface area contributed by atoms with E-state index in [-0.39, 0.29) is 50.7 Å². The van der Waals surface area contributed by atoms with Gasteiger partial charge in [-0.15, -0.1) is 0 Å². The fraction of sp³-hybridized carbons (Fsp3) is 0.125. The second kappa shape index (κ2) is 16.7. The Bertz CT molecular complexity index is 1960. The molecule has 15 heteroatoms. The Morgan fingerprint density at radius 1 is 0.809 bits per heavy atom. The molecular weight excluding hydrogens is 664 g/mol. The Hall–Kier alpha value is -4.79. The molecule has 0 aliphatic rings. The van der Waals surface area contributed by atoms with Gasteiger partial charge in [0.2, 0.25) is 5.91 Å². The highest BCUT2D eigenvalue weighted by Gasteiger charge is 2.12. The summed E-state index contributed by atoms with van der Waals surface area (Å²) in [5.74, 6) is 0.562. The molecule has 47 heavy (non-hydrogen) atoms. The molecule has 0 bridgehead atoms. The van der Waals surface area contributed by atoms with Crippen LogP contribution in [-0.2, 0) is 0 Å². The van der Waals surface area contributed by atoms with Gasteiger partial charge in [-0.1, -0.05) is 35.9 Å². The van der Waals surface area contributed by atoms with E-state index in [1.807, 2.05) is 26.0 Å². The number of benzene rings is 3. The Morgan fingerprint density at radius 2 is 1.38 bits per heavy atom. The van der Waals surface area contributed by atoms with Crippen molar-refractivity contribution in [2.75, 3.05) is 10.6 Å². The minimum absolute atomic E-state index is 0. The van der Waals surface area contributed by atoms with Gasteiger partial charge in [0.15, 0.2) is 5.82 Å². The van der Waals surface area contributed by atoms with Gasteiger partial charge >= 0.3 is 0 Å². The van der Waals surface area contributed by atoms with Crippen molar-refractivity contribution in [1.82, 2.24) is 29.5 Å². The van der Waals surface area contributed by atoms with Crippen molar-refractivity contribution in [2.45, 2.75) is 25.9 Å². The average Bonchev–Trinajstić information content (AvgIpc) is 3.45. The van der Waals surface area contributed by atoms with Crippen molar-refractivity contribution in [1.29, 1.82) is 0 Å². The highest BCUT2D eigenvalue weighted by Crippen LogP contribution is 2.22. The number of nitrogens with two attached hydrogens (primary N) is 1. The van der Waals surface area contributed by atoms with E-state index in [4.69, 9.17) is 17.3 Å². The Balaban J connectivity index is 0.000000273. The molecule has 0 saturated heterocycles. The zero-order valence-electron chi connectivity index (χ0n) is 25.2. The topological polar surface area (TPSA) is 137 Å². The second-order valence-electron chi connectivity index (χ2n) is 10.0. The van der Waals surface area contributed by atoms with Crippen molar-refractivity contribution in [3.8, 4) is 5.82 Å². The number of primary amides is 1. The molecule has 0 saturated carbocycles. The van der Waals surface area contributed by atoms with E-state index in [0.29, 0.717) is 39.2 Å². The maximum atomic E-state index is 13.5. The van der Waals surface area contributed by atoms with E-state index in [1.54, 1.807) is 59.8 Å². The first-order chi connectivity index (χ1) is 21.7. The lowest BCUT2D eigenvalue weighted by Gasteiger charge is -2.15. The molecule has 10 nitrogen and oxygen atoms in total. The number of rotatable bonds is 8. The van der Waals surface area contributed by atoms with Crippen LogP contribution >= 0.6 is 38.6 Å². The predicted octanol–water partition coefficient (Wildman–Crippen LogP) is 6.89. The molecule has 3 aromatic carbocycles. The van der Waals surface area contributed by atoms with Crippen LogP contribution in [-0.4, -0.2) is 35.4 Å². The van der Waals surface area contributed by atoms with Gasteiger partial charge in [0, 0.05) is 5.56 Å². The minimum Gasteiger partial charge on any atom is -0.366 e. The summed E-state index contributed by atoms with van der Waals surface area (Å²) in [6, 6.07) is 17.6. The highest BCUT2D eigenvalue weighted by molar-refractivity contribution is 7.59. The van der Waals surface area contributed by atoms with Crippen LogP contribution in [0.5, 0.6) is 0 Å². The summed E-state index contributed by atoms with van der Waals surface area (Å²) in [6.45, 7) is 3.83. The van der Waals surface area contributed by atoms with E-state index in [1.165, 1.54) is 30.5 Å². The molecule has 0 aliphatic carbocycles. The molecule has 0 unspecified atom stereocenters. The molecule has 0 radical (unpaired) electrons. The Morgan fingerprint density at radius 3 is 1.94 bits per heavy atom. The maximum absolute atomic E-state index is 13.5. The van der Waals surface area contributed by atoms with Crippen molar-refractivity contribution >= 4 is 67.2 Å². The quantitative estimate of drug-likeness (QED) is 0.157. The van der Waals surface area contributed by atoms with E-state index >= 15 is 0 Å². The molecule has 4 N–H and O–H groups in total.